The highest BCUT2D eigenvalue weighted by atomic mass is 16.2. The molecule has 6 heteroatoms. The second-order valence-electron chi connectivity index (χ2n) is 5.33. The summed E-state index contributed by atoms with van der Waals surface area (Å²) >= 11 is 0. The lowest BCUT2D eigenvalue weighted by Crippen LogP contribution is -2.34. The Morgan fingerprint density at radius 3 is 2.90 bits per heavy atom. The van der Waals surface area contributed by atoms with Gasteiger partial charge in [0.15, 0.2) is 5.82 Å². The fourth-order valence-corrected chi connectivity index (χ4v) is 2.79. The van der Waals surface area contributed by atoms with Crippen LogP contribution in [0.4, 0.5) is 11.5 Å². The fourth-order valence-electron chi connectivity index (χ4n) is 2.79. The lowest BCUT2D eigenvalue weighted by Gasteiger charge is -2.27. The van der Waals surface area contributed by atoms with Gasteiger partial charge >= 0.3 is 0 Å². The van der Waals surface area contributed by atoms with Crippen molar-refractivity contribution in [3.8, 4) is 0 Å². The Balaban J connectivity index is 1.99. The second kappa shape index (κ2) is 5.20. The van der Waals surface area contributed by atoms with E-state index in [0.29, 0.717) is 6.54 Å². The van der Waals surface area contributed by atoms with Crippen LogP contribution in [0.25, 0.3) is 0 Å². The van der Waals surface area contributed by atoms with Crippen LogP contribution in [0.5, 0.6) is 0 Å². The number of aryl methyl sites for hydroxylation is 1. The van der Waals surface area contributed by atoms with E-state index in [1.807, 2.05) is 46.9 Å². The zero-order valence-electron chi connectivity index (χ0n) is 12.6. The number of fused-ring (bicyclic) bond motifs is 1. The van der Waals surface area contributed by atoms with E-state index in [0.717, 1.165) is 30.0 Å². The lowest BCUT2D eigenvalue weighted by molar-refractivity contribution is -0.129. The summed E-state index contributed by atoms with van der Waals surface area (Å²) in [7, 11) is 3.94. The summed E-state index contributed by atoms with van der Waals surface area (Å²) in [4.78, 5) is 19.7. The predicted molar refractivity (Wildman–Crippen MR) is 80.3 cm³/mol. The van der Waals surface area contributed by atoms with Crippen LogP contribution in [-0.2, 0) is 24.8 Å². The summed E-state index contributed by atoms with van der Waals surface area (Å²) in [5, 5.41) is 4.64. The molecule has 3 heterocycles. The number of hydrogen-bond acceptors (Lipinski definition) is 4. The number of pyridine rings is 1. The molecule has 21 heavy (non-hydrogen) atoms. The van der Waals surface area contributed by atoms with Crippen molar-refractivity contribution in [2.24, 2.45) is 7.05 Å². The first-order chi connectivity index (χ1) is 10.1. The van der Waals surface area contributed by atoms with Crippen LogP contribution >= 0.6 is 0 Å². The van der Waals surface area contributed by atoms with E-state index in [1.54, 1.807) is 13.1 Å². The Morgan fingerprint density at radius 1 is 1.43 bits per heavy atom. The van der Waals surface area contributed by atoms with Crippen LogP contribution < -0.4 is 4.90 Å². The van der Waals surface area contributed by atoms with Gasteiger partial charge < -0.3 is 9.80 Å². The summed E-state index contributed by atoms with van der Waals surface area (Å²) in [6.07, 6.45) is 4.41. The maximum Gasteiger partial charge on any atom is 0.219 e. The largest absolute Gasteiger partial charge is 0.338 e. The van der Waals surface area contributed by atoms with Gasteiger partial charge in [-0.05, 0) is 12.1 Å². The van der Waals surface area contributed by atoms with Gasteiger partial charge in [-0.1, -0.05) is 0 Å². The van der Waals surface area contributed by atoms with E-state index < -0.39 is 0 Å². The number of carbonyl (C=O) groups excluding carboxylic acids is 1. The van der Waals surface area contributed by atoms with Gasteiger partial charge in [-0.3, -0.25) is 14.5 Å². The van der Waals surface area contributed by atoms with Crippen molar-refractivity contribution in [1.82, 2.24) is 19.7 Å². The Labute approximate surface area is 124 Å². The number of anilines is 2. The molecular formula is C15H19N5O. The van der Waals surface area contributed by atoms with Crippen molar-refractivity contribution in [1.29, 1.82) is 0 Å². The average molecular weight is 285 g/mol. The maximum absolute atomic E-state index is 11.6. The van der Waals surface area contributed by atoms with Crippen molar-refractivity contribution < 1.29 is 4.79 Å². The lowest BCUT2D eigenvalue weighted by atomic mass is 10.1. The summed E-state index contributed by atoms with van der Waals surface area (Å²) in [6, 6.07) is 3.91. The van der Waals surface area contributed by atoms with Crippen molar-refractivity contribution in [3.05, 3.63) is 35.8 Å². The van der Waals surface area contributed by atoms with Crippen molar-refractivity contribution in [2.75, 3.05) is 18.5 Å². The molecule has 0 bridgehead atoms. The highest BCUT2D eigenvalue weighted by molar-refractivity contribution is 5.74. The van der Waals surface area contributed by atoms with Gasteiger partial charge in [-0.15, -0.1) is 0 Å². The topological polar surface area (TPSA) is 54.3 Å². The highest BCUT2D eigenvalue weighted by Crippen LogP contribution is 2.31. The van der Waals surface area contributed by atoms with Crippen LogP contribution in [0.1, 0.15) is 18.2 Å². The molecule has 1 aliphatic heterocycles. The van der Waals surface area contributed by atoms with Crippen LogP contribution in [-0.4, -0.2) is 39.2 Å². The van der Waals surface area contributed by atoms with Gasteiger partial charge in [-0.2, -0.15) is 5.10 Å². The average Bonchev–Trinajstić information content (AvgIpc) is 2.84. The van der Waals surface area contributed by atoms with E-state index in [2.05, 4.69) is 10.1 Å². The summed E-state index contributed by atoms with van der Waals surface area (Å²) in [5.74, 6) is 1.01. The molecule has 0 saturated carbocycles. The molecule has 0 spiro atoms. The first-order valence-electron chi connectivity index (χ1n) is 7.02. The highest BCUT2D eigenvalue weighted by Gasteiger charge is 2.27. The van der Waals surface area contributed by atoms with Crippen LogP contribution in [0.2, 0.25) is 0 Å². The minimum absolute atomic E-state index is 0.111. The molecule has 2 aromatic heterocycles. The Hall–Kier alpha value is -2.37. The van der Waals surface area contributed by atoms with E-state index >= 15 is 0 Å². The molecule has 0 radical (unpaired) electrons. The van der Waals surface area contributed by atoms with Gasteiger partial charge in [0.2, 0.25) is 5.91 Å². The molecule has 3 rings (SSSR count). The van der Waals surface area contributed by atoms with Crippen molar-refractivity contribution >= 4 is 17.4 Å². The van der Waals surface area contributed by atoms with Crippen LogP contribution in [0.15, 0.2) is 24.5 Å². The smallest absolute Gasteiger partial charge is 0.219 e. The summed E-state index contributed by atoms with van der Waals surface area (Å²) < 4.78 is 1.93. The van der Waals surface area contributed by atoms with Gasteiger partial charge in [-0.25, -0.2) is 0 Å². The number of hydrogen-bond donors (Lipinski definition) is 0. The minimum atomic E-state index is 0.111. The van der Waals surface area contributed by atoms with E-state index in [1.165, 1.54) is 5.69 Å². The third kappa shape index (κ3) is 2.37. The normalized spacial score (nSPS) is 14.0. The van der Waals surface area contributed by atoms with Crippen molar-refractivity contribution in [2.45, 2.75) is 19.9 Å². The second-order valence-corrected chi connectivity index (χ2v) is 5.33. The molecule has 1 amide bonds. The molecule has 2 aromatic rings. The predicted octanol–water partition coefficient (Wildman–Crippen LogP) is 1.49. The van der Waals surface area contributed by atoms with Gasteiger partial charge in [0.1, 0.15) is 0 Å². The molecule has 0 aliphatic carbocycles. The number of amides is 1. The van der Waals surface area contributed by atoms with E-state index in [4.69, 9.17) is 0 Å². The number of nitrogens with zero attached hydrogens (tertiary/aromatic N) is 5. The molecule has 0 N–H and O–H groups in total. The fraction of sp³-hybridized carbons (Fsp3) is 0.400. The quantitative estimate of drug-likeness (QED) is 0.839. The third-order valence-corrected chi connectivity index (χ3v) is 4.02. The summed E-state index contributed by atoms with van der Waals surface area (Å²) in [6.45, 7) is 3.00. The number of carbonyl (C=O) groups is 1. The van der Waals surface area contributed by atoms with Gasteiger partial charge in [0, 0.05) is 51.4 Å². The third-order valence-electron chi connectivity index (χ3n) is 4.02. The van der Waals surface area contributed by atoms with Gasteiger partial charge in [0.05, 0.1) is 18.4 Å². The van der Waals surface area contributed by atoms with Crippen molar-refractivity contribution in [3.63, 3.8) is 0 Å². The van der Waals surface area contributed by atoms with Crippen LogP contribution in [0.3, 0.4) is 0 Å². The monoisotopic (exact) mass is 285 g/mol. The number of aromatic nitrogens is 3. The molecule has 0 fully saturated rings. The van der Waals surface area contributed by atoms with E-state index in [-0.39, 0.29) is 5.91 Å². The van der Waals surface area contributed by atoms with E-state index in [9.17, 15) is 4.79 Å². The molecule has 110 valence electrons. The maximum atomic E-state index is 11.6. The number of rotatable bonds is 2. The minimum Gasteiger partial charge on any atom is -0.338 e. The first-order valence-corrected chi connectivity index (χ1v) is 7.02. The SMILES string of the molecule is CC(=O)N1CCc2c(c(N(C)c3cccnc3)nn2C)C1. The first kappa shape index (κ1) is 13.6. The molecule has 0 atom stereocenters. The Bertz CT molecular complexity index is 664. The Morgan fingerprint density at radius 2 is 2.24 bits per heavy atom. The molecule has 1 aliphatic rings. The standard InChI is InChI=1S/C15H19N5O/c1-11(21)20-8-6-14-13(10-20)15(17-19(14)3)18(2)12-5-4-7-16-9-12/h4-5,7,9H,6,8,10H2,1-3H3. The molecule has 0 saturated heterocycles. The summed E-state index contributed by atoms with van der Waals surface area (Å²) in [5.41, 5.74) is 3.32. The molecular weight excluding hydrogens is 266 g/mol. The molecule has 6 nitrogen and oxygen atoms in total. The van der Waals surface area contributed by atoms with Gasteiger partial charge in [0.25, 0.3) is 0 Å². The van der Waals surface area contributed by atoms with Crippen LogP contribution in [0, 0.1) is 0 Å². The zero-order valence-corrected chi connectivity index (χ0v) is 12.6. The molecule has 0 aromatic carbocycles. The molecule has 0 unspecified atom stereocenters. The zero-order chi connectivity index (χ0) is 15.0. The Kier molecular flexibility index (Phi) is 3.37.